The van der Waals surface area contributed by atoms with E-state index in [1.54, 1.807) is 0 Å². The molecule has 0 amide bonds. The lowest BCUT2D eigenvalue weighted by molar-refractivity contribution is -0.00863. The van der Waals surface area contributed by atoms with Crippen LogP contribution in [0.25, 0.3) is 0 Å². The summed E-state index contributed by atoms with van der Waals surface area (Å²) in [6, 6.07) is 6.40. The van der Waals surface area contributed by atoms with Crippen LogP contribution in [0.4, 0.5) is 0 Å². The van der Waals surface area contributed by atoms with Crippen molar-refractivity contribution >= 4 is 0 Å². The topological polar surface area (TPSA) is 50.7 Å². The van der Waals surface area contributed by atoms with Crippen molar-refractivity contribution in [2.45, 2.75) is 50.7 Å². The van der Waals surface area contributed by atoms with Crippen LogP contribution in [-0.4, -0.2) is 30.9 Å². The maximum Gasteiger partial charge on any atom is 0.161 e. The minimum atomic E-state index is -0.722. The molecule has 2 aliphatic rings. The molecular weight excluding hydrogens is 266 g/mol. The summed E-state index contributed by atoms with van der Waals surface area (Å²) in [5, 5.41) is 14.5. The fourth-order valence-corrected chi connectivity index (χ4v) is 3.27. The molecule has 1 aromatic rings. The zero-order valence-corrected chi connectivity index (χ0v) is 12.7. The van der Waals surface area contributed by atoms with Crippen molar-refractivity contribution in [1.82, 2.24) is 5.32 Å². The fourth-order valence-electron chi connectivity index (χ4n) is 3.27. The quantitative estimate of drug-likeness (QED) is 0.895. The third-order valence-electron chi connectivity index (χ3n) is 4.58. The highest BCUT2D eigenvalue weighted by atomic mass is 16.6. The van der Waals surface area contributed by atoms with Gasteiger partial charge in [-0.25, -0.2) is 0 Å². The summed E-state index contributed by atoms with van der Waals surface area (Å²) in [4.78, 5) is 0. The van der Waals surface area contributed by atoms with Gasteiger partial charge in [-0.2, -0.15) is 0 Å². The first kappa shape index (κ1) is 14.7. The molecule has 0 bridgehead atoms. The molecule has 0 atom stereocenters. The van der Waals surface area contributed by atoms with Gasteiger partial charge in [-0.15, -0.1) is 0 Å². The number of ether oxygens (including phenoxy) is 2. The number of hydrogen-bond donors (Lipinski definition) is 2. The molecule has 2 N–H and O–H groups in total. The van der Waals surface area contributed by atoms with E-state index in [-0.39, 0.29) is 0 Å². The van der Waals surface area contributed by atoms with E-state index in [2.05, 4.69) is 12.2 Å². The molecule has 4 heteroatoms. The van der Waals surface area contributed by atoms with E-state index in [1.165, 1.54) is 0 Å². The molecular formula is C17H25NO3. The molecule has 0 unspecified atom stereocenters. The van der Waals surface area contributed by atoms with Crippen LogP contribution < -0.4 is 14.8 Å². The van der Waals surface area contributed by atoms with Crippen molar-refractivity contribution in [1.29, 1.82) is 0 Å². The highest BCUT2D eigenvalue weighted by Gasteiger charge is 2.35. The number of hydrogen-bond acceptors (Lipinski definition) is 4. The molecule has 1 fully saturated rings. The standard InChI is InChI=1S/C17H25NO3/c1-2-9-18-14-5-7-17(19,8-6-14)13-3-4-15-16(12-13)21-11-10-20-15/h3-4,12,14,18-19H,2,5-11H2,1H3. The molecule has 21 heavy (non-hydrogen) atoms. The molecule has 1 saturated carbocycles. The summed E-state index contributed by atoms with van der Waals surface area (Å²) in [6.07, 6.45) is 4.79. The summed E-state index contributed by atoms with van der Waals surface area (Å²) in [7, 11) is 0. The van der Waals surface area contributed by atoms with Crippen molar-refractivity contribution in [3.63, 3.8) is 0 Å². The van der Waals surface area contributed by atoms with Crippen LogP contribution in [0.15, 0.2) is 18.2 Å². The molecule has 1 aliphatic heterocycles. The fraction of sp³-hybridized carbons (Fsp3) is 0.647. The predicted octanol–water partition coefficient (Wildman–Crippen LogP) is 2.59. The van der Waals surface area contributed by atoms with Crippen LogP contribution in [0.1, 0.15) is 44.6 Å². The van der Waals surface area contributed by atoms with Crippen molar-refractivity contribution in [3.8, 4) is 11.5 Å². The third-order valence-corrected chi connectivity index (χ3v) is 4.58. The van der Waals surface area contributed by atoms with E-state index in [4.69, 9.17) is 9.47 Å². The van der Waals surface area contributed by atoms with Crippen LogP contribution in [0, 0.1) is 0 Å². The Kier molecular flexibility index (Phi) is 4.36. The second kappa shape index (κ2) is 6.24. The Morgan fingerprint density at radius 2 is 1.90 bits per heavy atom. The Morgan fingerprint density at radius 1 is 1.19 bits per heavy atom. The maximum absolute atomic E-state index is 11.0. The Morgan fingerprint density at radius 3 is 2.62 bits per heavy atom. The molecule has 0 spiro atoms. The van der Waals surface area contributed by atoms with Crippen LogP contribution in [0.2, 0.25) is 0 Å². The van der Waals surface area contributed by atoms with E-state index < -0.39 is 5.60 Å². The predicted molar refractivity (Wildman–Crippen MR) is 81.9 cm³/mol. The van der Waals surface area contributed by atoms with Crippen molar-refractivity contribution < 1.29 is 14.6 Å². The largest absolute Gasteiger partial charge is 0.486 e. The van der Waals surface area contributed by atoms with Gasteiger partial charge in [0.05, 0.1) is 5.60 Å². The number of nitrogens with one attached hydrogen (secondary N) is 1. The Balaban J connectivity index is 1.69. The number of rotatable bonds is 4. The average molecular weight is 291 g/mol. The van der Waals surface area contributed by atoms with Gasteiger partial charge in [0.25, 0.3) is 0 Å². The normalized spacial score (nSPS) is 28.4. The van der Waals surface area contributed by atoms with Gasteiger partial charge in [0, 0.05) is 6.04 Å². The summed E-state index contributed by atoms with van der Waals surface area (Å²) in [6.45, 7) is 4.42. The summed E-state index contributed by atoms with van der Waals surface area (Å²) in [5.41, 5.74) is 0.237. The second-order valence-electron chi connectivity index (χ2n) is 6.12. The zero-order valence-electron chi connectivity index (χ0n) is 12.7. The van der Waals surface area contributed by atoms with E-state index in [1.807, 2.05) is 18.2 Å². The Hall–Kier alpha value is -1.26. The monoisotopic (exact) mass is 291 g/mol. The number of aliphatic hydroxyl groups is 1. The van der Waals surface area contributed by atoms with Gasteiger partial charge in [0.15, 0.2) is 11.5 Å². The van der Waals surface area contributed by atoms with Crippen molar-refractivity contribution in [3.05, 3.63) is 23.8 Å². The second-order valence-corrected chi connectivity index (χ2v) is 6.12. The average Bonchev–Trinajstić information content (AvgIpc) is 2.54. The molecule has 1 heterocycles. The Labute approximate surface area is 126 Å². The molecule has 116 valence electrons. The molecule has 3 rings (SSSR count). The van der Waals surface area contributed by atoms with Crippen LogP contribution in [0.3, 0.4) is 0 Å². The number of benzene rings is 1. The van der Waals surface area contributed by atoms with Gasteiger partial charge >= 0.3 is 0 Å². The summed E-state index contributed by atoms with van der Waals surface area (Å²) in [5.74, 6) is 1.55. The maximum atomic E-state index is 11.0. The highest BCUT2D eigenvalue weighted by Crippen LogP contribution is 2.41. The summed E-state index contributed by atoms with van der Waals surface area (Å²) >= 11 is 0. The van der Waals surface area contributed by atoms with Crippen LogP contribution >= 0.6 is 0 Å². The highest BCUT2D eigenvalue weighted by molar-refractivity contribution is 5.45. The lowest BCUT2D eigenvalue weighted by atomic mass is 9.77. The third kappa shape index (κ3) is 3.16. The molecule has 1 aromatic carbocycles. The first-order chi connectivity index (χ1) is 10.2. The minimum Gasteiger partial charge on any atom is -0.486 e. The molecule has 0 radical (unpaired) electrons. The molecule has 0 aromatic heterocycles. The first-order valence-electron chi connectivity index (χ1n) is 8.07. The molecule has 4 nitrogen and oxygen atoms in total. The van der Waals surface area contributed by atoms with E-state index in [9.17, 15) is 5.11 Å². The lowest BCUT2D eigenvalue weighted by Crippen LogP contribution is -2.40. The SMILES string of the molecule is CCCNC1CCC(O)(c2ccc3c(c2)OCCO3)CC1. The van der Waals surface area contributed by atoms with Gasteiger partial charge in [-0.1, -0.05) is 13.0 Å². The lowest BCUT2D eigenvalue weighted by Gasteiger charge is -2.37. The number of fused-ring (bicyclic) bond motifs is 1. The van der Waals surface area contributed by atoms with Crippen molar-refractivity contribution in [2.24, 2.45) is 0 Å². The van der Waals surface area contributed by atoms with Crippen LogP contribution in [0.5, 0.6) is 11.5 Å². The van der Waals surface area contributed by atoms with Gasteiger partial charge < -0.3 is 19.9 Å². The van der Waals surface area contributed by atoms with E-state index in [0.29, 0.717) is 19.3 Å². The van der Waals surface area contributed by atoms with Gasteiger partial charge in [0.1, 0.15) is 13.2 Å². The molecule has 0 saturated heterocycles. The van der Waals surface area contributed by atoms with Crippen LogP contribution in [-0.2, 0) is 5.60 Å². The Bertz CT molecular complexity index is 481. The van der Waals surface area contributed by atoms with E-state index >= 15 is 0 Å². The van der Waals surface area contributed by atoms with Gasteiger partial charge in [-0.05, 0) is 56.3 Å². The smallest absolute Gasteiger partial charge is 0.161 e. The van der Waals surface area contributed by atoms with E-state index in [0.717, 1.165) is 55.7 Å². The van der Waals surface area contributed by atoms with Crippen molar-refractivity contribution in [2.75, 3.05) is 19.8 Å². The summed E-state index contributed by atoms with van der Waals surface area (Å²) < 4.78 is 11.2. The molecule has 1 aliphatic carbocycles. The van der Waals surface area contributed by atoms with Gasteiger partial charge in [-0.3, -0.25) is 0 Å². The minimum absolute atomic E-state index is 0.544. The zero-order chi connectivity index (χ0) is 14.7. The van der Waals surface area contributed by atoms with Gasteiger partial charge in [0.2, 0.25) is 0 Å². The first-order valence-corrected chi connectivity index (χ1v) is 8.07.